The van der Waals surface area contributed by atoms with E-state index in [2.05, 4.69) is 24.0 Å². The third-order valence-corrected chi connectivity index (χ3v) is 7.77. The highest BCUT2D eigenvalue weighted by Gasteiger charge is 2.29. The molecule has 0 fully saturated rings. The van der Waals surface area contributed by atoms with Crippen LogP contribution in [0.2, 0.25) is 0 Å². The fourth-order valence-corrected chi connectivity index (χ4v) is 5.99. The smallest absolute Gasteiger partial charge is 0.264 e. The number of nitrogens with zero attached hydrogens (tertiary/aromatic N) is 4. The number of aromatic nitrogens is 4. The Labute approximate surface area is 191 Å². The second-order valence-electron chi connectivity index (χ2n) is 8.14. The lowest BCUT2D eigenvalue weighted by atomic mass is 9.96. The molecule has 3 aromatic heterocycles. The Balaban J connectivity index is 1.76. The van der Waals surface area contributed by atoms with E-state index in [0.717, 1.165) is 32.6 Å². The van der Waals surface area contributed by atoms with Crippen molar-refractivity contribution in [3.05, 3.63) is 56.7 Å². The second-order valence-corrected chi connectivity index (χ2v) is 10.2. The van der Waals surface area contributed by atoms with Gasteiger partial charge < -0.3 is 14.6 Å². The lowest BCUT2D eigenvalue weighted by molar-refractivity contribution is -0.301. The van der Waals surface area contributed by atoms with Crippen LogP contribution in [0.1, 0.15) is 29.9 Å². The van der Waals surface area contributed by atoms with Crippen LogP contribution >= 0.6 is 23.1 Å². The van der Waals surface area contributed by atoms with E-state index in [9.17, 15) is 14.7 Å². The molecule has 166 valence electrons. The van der Waals surface area contributed by atoms with E-state index < -0.39 is 5.97 Å². The quantitative estimate of drug-likeness (QED) is 0.399. The summed E-state index contributed by atoms with van der Waals surface area (Å²) in [5, 5.41) is 20.6. The van der Waals surface area contributed by atoms with E-state index in [1.165, 1.54) is 11.3 Å². The van der Waals surface area contributed by atoms with E-state index in [1.54, 1.807) is 8.97 Å². The van der Waals surface area contributed by atoms with Crippen molar-refractivity contribution < 1.29 is 14.6 Å². The molecule has 1 aromatic carbocycles. The van der Waals surface area contributed by atoms with Gasteiger partial charge in [0.1, 0.15) is 4.83 Å². The normalized spacial score (nSPS) is 16.2. The molecule has 4 heterocycles. The molecule has 1 atom stereocenters. The first-order chi connectivity index (χ1) is 15.4. The largest absolute Gasteiger partial charge is 0.549 e. The minimum Gasteiger partial charge on any atom is -0.549 e. The topological polar surface area (TPSA) is 102 Å². The zero-order valence-corrected chi connectivity index (χ0v) is 19.2. The van der Waals surface area contributed by atoms with Gasteiger partial charge >= 0.3 is 0 Å². The van der Waals surface area contributed by atoms with Gasteiger partial charge in [-0.05, 0) is 17.0 Å². The molecule has 0 amide bonds. The Bertz CT molecular complexity index is 1370. The second kappa shape index (κ2) is 8.34. The summed E-state index contributed by atoms with van der Waals surface area (Å²) in [4.78, 5) is 26.6. The number of carboxylic acids is 1. The van der Waals surface area contributed by atoms with Gasteiger partial charge in [0.2, 0.25) is 5.78 Å². The SMILES string of the molecule is CC(C)[C@H]1Cc2c(sc3c2c(=O)n(Cc2ccccc2)c2nnc(SCC(=O)[O-])n32)CO1. The van der Waals surface area contributed by atoms with Gasteiger partial charge in [-0.15, -0.1) is 21.5 Å². The molecule has 5 rings (SSSR count). The van der Waals surface area contributed by atoms with Gasteiger partial charge in [-0.1, -0.05) is 55.9 Å². The molecule has 0 radical (unpaired) electrons. The maximum Gasteiger partial charge on any atom is 0.264 e. The van der Waals surface area contributed by atoms with E-state index in [4.69, 9.17) is 4.74 Å². The van der Waals surface area contributed by atoms with Crippen LogP contribution in [0.3, 0.4) is 0 Å². The summed E-state index contributed by atoms with van der Waals surface area (Å²) in [7, 11) is 0. The standard InChI is InChI=1S/C22H22N4O4S2/c1-12(2)15-8-14-16(10-30-15)32-20-18(14)19(29)25(9-13-6-4-3-5-7-13)21-23-24-22(26(20)21)31-11-17(27)28/h3-7,12,15H,8-11H2,1-2H3,(H,27,28)/p-1/t15-/m1/s1. The molecular weight excluding hydrogens is 448 g/mol. The number of carbonyl (C=O) groups is 1. The highest BCUT2D eigenvalue weighted by atomic mass is 32.2. The van der Waals surface area contributed by atoms with Crippen molar-refractivity contribution in [3.8, 4) is 0 Å². The Hall–Kier alpha value is -2.69. The number of ether oxygens (including phenoxy) is 1. The third kappa shape index (κ3) is 3.62. The van der Waals surface area contributed by atoms with Crippen LogP contribution in [0.25, 0.3) is 16.0 Å². The summed E-state index contributed by atoms with van der Waals surface area (Å²) < 4.78 is 9.47. The van der Waals surface area contributed by atoms with Crippen LogP contribution in [0.5, 0.6) is 0 Å². The van der Waals surface area contributed by atoms with E-state index in [-0.39, 0.29) is 17.4 Å². The molecule has 1 aliphatic heterocycles. The molecule has 0 aliphatic carbocycles. The van der Waals surface area contributed by atoms with Crippen LogP contribution < -0.4 is 10.7 Å². The summed E-state index contributed by atoms with van der Waals surface area (Å²) in [6.45, 7) is 5.03. The van der Waals surface area contributed by atoms with Gasteiger partial charge in [0.15, 0.2) is 5.16 Å². The molecule has 10 heteroatoms. The number of thiophene rings is 1. The Morgan fingerprint density at radius 2 is 2.09 bits per heavy atom. The Kier molecular flexibility index (Phi) is 5.52. The molecule has 0 N–H and O–H groups in total. The first-order valence-corrected chi connectivity index (χ1v) is 12.1. The van der Waals surface area contributed by atoms with Crippen molar-refractivity contribution in [1.29, 1.82) is 0 Å². The maximum absolute atomic E-state index is 13.8. The Morgan fingerprint density at radius 1 is 1.31 bits per heavy atom. The molecule has 8 nitrogen and oxygen atoms in total. The summed E-state index contributed by atoms with van der Waals surface area (Å²) in [5.41, 5.74) is 1.88. The molecule has 0 saturated carbocycles. The van der Waals surface area contributed by atoms with Crippen molar-refractivity contribution in [1.82, 2.24) is 19.2 Å². The monoisotopic (exact) mass is 469 g/mol. The highest BCUT2D eigenvalue weighted by Crippen LogP contribution is 2.37. The predicted octanol–water partition coefficient (Wildman–Crippen LogP) is 2.09. The van der Waals surface area contributed by atoms with Gasteiger partial charge in [0, 0.05) is 17.1 Å². The third-order valence-electron chi connectivity index (χ3n) is 5.67. The van der Waals surface area contributed by atoms with E-state index >= 15 is 0 Å². The van der Waals surface area contributed by atoms with Crippen LogP contribution in [0.15, 0.2) is 40.3 Å². The molecule has 1 aliphatic rings. The molecule has 4 aromatic rings. The fourth-order valence-electron chi connectivity index (χ4n) is 4.05. The average molecular weight is 470 g/mol. The number of aliphatic carboxylic acids is 1. The highest BCUT2D eigenvalue weighted by molar-refractivity contribution is 7.99. The first-order valence-electron chi connectivity index (χ1n) is 10.3. The molecular formula is C22H21N4O4S2-. The number of hydrogen-bond donors (Lipinski definition) is 0. The lowest BCUT2D eigenvalue weighted by Crippen LogP contribution is -2.28. The number of carboxylic acid groups (broad SMARTS) is 1. The summed E-state index contributed by atoms with van der Waals surface area (Å²) >= 11 is 2.53. The van der Waals surface area contributed by atoms with E-state index in [1.807, 2.05) is 30.3 Å². The summed E-state index contributed by atoms with van der Waals surface area (Å²) in [5.74, 6) is -0.701. The van der Waals surface area contributed by atoms with Crippen molar-refractivity contribution in [3.63, 3.8) is 0 Å². The van der Waals surface area contributed by atoms with Gasteiger partial charge in [0.25, 0.3) is 5.56 Å². The molecule has 0 spiro atoms. The molecule has 32 heavy (non-hydrogen) atoms. The zero-order chi connectivity index (χ0) is 22.4. The van der Waals surface area contributed by atoms with Gasteiger partial charge in [-0.2, -0.15) is 0 Å². The summed E-state index contributed by atoms with van der Waals surface area (Å²) in [6.07, 6.45) is 0.716. The average Bonchev–Trinajstić information content (AvgIpc) is 3.36. The molecule has 0 bridgehead atoms. The van der Waals surface area contributed by atoms with Gasteiger partial charge in [0.05, 0.1) is 30.6 Å². The number of hydrogen-bond acceptors (Lipinski definition) is 8. The molecule has 0 saturated heterocycles. The van der Waals surface area contributed by atoms with Crippen LogP contribution in [0, 0.1) is 5.92 Å². The number of thioether (sulfide) groups is 1. The van der Waals surface area contributed by atoms with Crippen molar-refractivity contribution in [2.45, 2.75) is 44.7 Å². The first kappa shape index (κ1) is 21.2. The minimum atomic E-state index is -1.18. The predicted molar refractivity (Wildman–Crippen MR) is 121 cm³/mol. The van der Waals surface area contributed by atoms with Gasteiger partial charge in [-0.25, -0.2) is 4.40 Å². The lowest BCUT2D eigenvalue weighted by Gasteiger charge is -2.26. The van der Waals surface area contributed by atoms with Crippen molar-refractivity contribution >= 4 is 45.1 Å². The zero-order valence-electron chi connectivity index (χ0n) is 17.6. The van der Waals surface area contributed by atoms with Crippen LogP contribution in [-0.2, 0) is 29.1 Å². The Morgan fingerprint density at radius 3 is 2.81 bits per heavy atom. The van der Waals surface area contributed by atoms with Crippen LogP contribution in [0.4, 0.5) is 0 Å². The maximum atomic E-state index is 13.8. The number of rotatable bonds is 6. The fraction of sp³-hybridized carbons (Fsp3) is 0.364. The number of benzene rings is 1. The molecule has 0 unspecified atom stereocenters. The van der Waals surface area contributed by atoms with E-state index in [0.29, 0.717) is 41.8 Å². The van der Waals surface area contributed by atoms with Gasteiger partial charge in [-0.3, -0.25) is 9.36 Å². The summed E-state index contributed by atoms with van der Waals surface area (Å²) in [6, 6.07) is 9.70. The van der Waals surface area contributed by atoms with Crippen molar-refractivity contribution in [2.75, 3.05) is 5.75 Å². The van der Waals surface area contributed by atoms with Crippen molar-refractivity contribution in [2.24, 2.45) is 5.92 Å². The minimum absolute atomic E-state index is 0.0470. The number of fused-ring (bicyclic) bond motifs is 5. The van der Waals surface area contributed by atoms with Crippen LogP contribution in [-0.4, -0.2) is 37.0 Å². The number of carbonyl (C=O) groups excluding carboxylic acids is 1.